The molecule has 0 aliphatic carbocycles. The number of thiophene rings is 1. The summed E-state index contributed by atoms with van der Waals surface area (Å²) in [6.07, 6.45) is 5.33. The molecule has 19 heavy (non-hydrogen) atoms. The van der Waals surface area contributed by atoms with Crippen LogP contribution in [0.5, 0.6) is 0 Å². The maximum absolute atomic E-state index is 3.76. The second-order valence-corrected chi connectivity index (χ2v) is 7.50. The molecule has 1 aliphatic rings. The molecule has 0 spiro atoms. The van der Waals surface area contributed by atoms with Crippen LogP contribution >= 0.6 is 11.3 Å². The fraction of sp³-hybridized carbons (Fsp3) is 0.750. The van der Waals surface area contributed by atoms with E-state index in [2.05, 4.69) is 44.4 Å². The fourth-order valence-electron chi connectivity index (χ4n) is 3.22. The van der Waals surface area contributed by atoms with Gasteiger partial charge in [-0.2, -0.15) is 0 Å². The highest BCUT2D eigenvalue weighted by atomic mass is 32.1. The van der Waals surface area contributed by atoms with Gasteiger partial charge in [0.15, 0.2) is 0 Å². The molecular formula is C16H28N2S. The third-order valence-corrected chi connectivity index (χ3v) is 5.11. The molecule has 1 fully saturated rings. The largest absolute Gasteiger partial charge is 0.314 e. The third-order valence-electron chi connectivity index (χ3n) is 4.13. The van der Waals surface area contributed by atoms with Crippen LogP contribution in [-0.4, -0.2) is 18.6 Å². The number of piperidine rings is 1. The van der Waals surface area contributed by atoms with E-state index >= 15 is 0 Å². The van der Waals surface area contributed by atoms with Crippen LogP contribution in [0.4, 0.5) is 0 Å². The summed E-state index contributed by atoms with van der Waals surface area (Å²) in [5.41, 5.74) is 1.48. The average molecular weight is 280 g/mol. The minimum absolute atomic E-state index is 0.462. The second-order valence-electron chi connectivity index (χ2n) is 6.04. The normalized spacial score (nSPS) is 23.3. The Morgan fingerprint density at radius 2 is 2.16 bits per heavy atom. The minimum atomic E-state index is 0.462. The van der Waals surface area contributed by atoms with Gasteiger partial charge < -0.3 is 10.6 Å². The average Bonchev–Trinajstić information content (AvgIpc) is 2.69. The summed E-state index contributed by atoms with van der Waals surface area (Å²) in [5.74, 6) is 0. The molecule has 2 heterocycles. The van der Waals surface area contributed by atoms with E-state index in [0.717, 1.165) is 0 Å². The summed E-state index contributed by atoms with van der Waals surface area (Å²) in [5, 5.41) is 7.40. The monoisotopic (exact) mass is 280 g/mol. The van der Waals surface area contributed by atoms with E-state index in [-0.39, 0.29) is 0 Å². The van der Waals surface area contributed by atoms with E-state index in [1.807, 2.05) is 11.3 Å². The highest BCUT2D eigenvalue weighted by Crippen LogP contribution is 2.26. The van der Waals surface area contributed by atoms with Gasteiger partial charge in [-0.25, -0.2) is 0 Å². The van der Waals surface area contributed by atoms with Crippen molar-refractivity contribution >= 4 is 11.3 Å². The van der Waals surface area contributed by atoms with E-state index in [1.165, 1.54) is 47.5 Å². The van der Waals surface area contributed by atoms with E-state index in [0.29, 0.717) is 18.1 Å². The molecule has 1 aliphatic heterocycles. The number of hydrogen-bond donors (Lipinski definition) is 2. The van der Waals surface area contributed by atoms with E-state index in [9.17, 15) is 0 Å². The van der Waals surface area contributed by atoms with Crippen LogP contribution < -0.4 is 10.6 Å². The van der Waals surface area contributed by atoms with Crippen molar-refractivity contribution in [3.8, 4) is 0 Å². The van der Waals surface area contributed by atoms with Gasteiger partial charge in [-0.05, 0) is 65.1 Å². The van der Waals surface area contributed by atoms with Crippen LogP contribution in [0.3, 0.4) is 0 Å². The molecule has 2 rings (SSSR count). The molecule has 108 valence electrons. The lowest BCUT2D eigenvalue weighted by atomic mass is 9.98. The number of rotatable bonds is 5. The molecule has 3 heteroatoms. The molecular weight excluding hydrogens is 252 g/mol. The third kappa shape index (κ3) is 4.30. The number of hydrogen-bond acceptors (Lipinski definition) is 3. The van der Waals surface area contributed by atoms with Crippen LogP contribution in [0.25, 0.3) is 0 Å². The van der Waals surface area contributed by atoms with Crippen molar-refractivity contribution in [1.82, 2.24) is 10.6 Å². The Hall–Kier alpha value is -0.380. The summed E-state index contributed by atoms with van der Waals surface area (Å²) in [6, 6.07) is 4.09. The van der Waals surface area contributed by atoms with Gasteiger partial charge in [0, 0.05) is 27.9 Å². The van der Waals surface area contributed by atoms with Gasteiger partial charge in [-0.15, -0.1) is 11.3 Å². The highest BCUT2D eigenvalue weighted by molar-refractivity contribution is 7.12. The van der Waals surface area contributed by atoms with Crippen molar-refractivity contribution in [3.63, 3.8) is 0 Å². The number of nitrogens with one attached hydrogen (secondary N) is 2. The molecule has 1 aromatic heterocycles. The zero-order chi connectivity index (χ0) is 13.8. The minimum Gasteiger partial charge on any atom is -0.314 e. The predicted molar refractivity (Wildman–Crippen MR) is 85.1 cm³/mol. The molecule has 0 bridgehead atoms. The molecule has 2 N–H and O–H groups in total. The topological polar surface area (TPSA) is 24.1 Å². The molecule has 1 saturated heterocycles. The first kappa shape index (κ1) is 15.0. The van der Waals surface area contributed by atoms with Gasteiger partial charge in [-0.1, -0.05) is 6.42 Å². The van der Waals surface area contributed by atoms with Crippen molar-refractivity contribution in [2.75, 3.05) is 6.54 Å². The highest BCUT2D eigenvalue weighted by Gasteiger charge is 2.18. The predicted octanol–water partition coefficient (Wildman–Crippen LogP) is 3.94. The Balaban J connectivity index is 1.84. The van der Waals surface area contributed by atoms with Crippen molar-refractivity contribution in [2.45, 2.75) is 71.5 Å². The quantitative estimate of drug-likeness (QED) is 0.854. The lowest BCUT2D eigenvalue weighted by Crippen LogP contribution is -2.40. The lowest BCUT2D eigenvalue weighted by molar-refractivity contribution is 0.334. The van der Waals surface area contributed by atoms with Crippen molar-refractivity contribution < 1.29 is 0 Å². The maximum Gasteiger partial charge on any atom is 0.0305 e. The zero-order valence-corrected chi connectivity index (χ0v) is 13.6. The molecule has 2 nitrogen and oxygen atoms in total. The SMILES string of the molecule is Cc1cc(C(C)NC(C)CC2CCCCN2)c(C)s1. The van der Waals surface area contributed by atoms with Crippen LogP contribution in [-0.2, 0) is 0 Å². The van der Waals surface area contributed by atoms with Gasteiger partial charge in [0.25, 0.3) is 0 Å². The molecule has 0 radical (unpaired) electrons. The second kappa shape index (κ2) is 6.87. The van der Waals surface area contributed by atoms with Gasteiger partial charge in [0.05, 0.1) is 0 Å². The first-order valence-corrected chi connectivity index (χ1v) is 8.44. The lowest BCUT2D eigenvalue weighted by Gasteiger charge is -2.28. The van der Waals surface area contributed by atoms with E-state index in [4.69, 9.17) is 0 Å². The molecule has 3 atom stereocenters. The Bertz CT molecular complexity index is 393. The van der Waals surface area contributed by atoms with Crippen LogP contribution in [0, 0.1) is 13.8 Å². The van der Waals surface area contributed by atoms with Crippen molar-refractivity contribution in [3.05, 3.63) is 21.4 Å². The molecule has 0 aromatic carbocycles. The van der Waals surface area contributed by atoms with Gasteiger partial charge in [0.2, 0.25) is 0 Å². The van der Waals surface area contributed by atoms with Crippen LogP contribution in [0.2, 0.25) is 0 Å². The summed E-state index contributed by atoms with van der Waals surface area (Å²) in [7, 11) is 0. The van der Waals surface area contributed by atoms with Crippen molar-refractivity contribution in [2.24, 2.45) is 0 Å². The summed E-state index contributed by atoms with van der Waals surface area (Å²) in [6.45, 7) is 10.2. The first-order chi connectivity index (χ1) is 9.06. The van der Waals surface area contributed by atoms with Crippen LogP contribution in [0.1, 0.15) is 60.9 Å². The van der Waals surface area contributed by atoms with E-state index in [1.54, 1.807) is 0 Å². The Morgan fingerprint density at radius 3 is 2.74 bits per heavy atom. The molecule has 1 aromatic rings. The Labute approximate surface area is 122 Å². The summed E-state index contributed by atoms with van der Waals surface area (Å²) in [4.78, 5) is 2.88. The smallest absolute Gasteiger partial charge is 0.0305 e. The van der Waals surface area contributed by atoms with Crippen LogP contribution in [0.15, 0.2) is 6.07 Å². The van der Waals surface area contributed by atoms with Gasteiger partial charge in [-0.3, -0.25) is 0 Å². The number of aryl methyl sites for hydroxylation is 2. The summed E-state index contributed by atoms with van der Waals surface area (Å²) >= 11 is 1.91. The van der Waals surface area contributed by atoms with Crippen molar-refractivity contribution in [1.29, 1.82) is 0 Å². The molecule has 3 unspecified atom stereocenters. The Kier molecular flexibility index (Phi) is 5.43. The zero-order valence-electron chi connectivity index (χ0n) is 12.8. The maximum atomic E-state index is 3.76. The molecule has 0 amide bonds. The standard InChI is InChI=1S/C16H28N2S/c1-11(9-15-7-5-6-8-17-15)18-13(3)16-10-12(2)19-14(16)4/h10-11,13,15,17-18H,5-9H2,1-4H3. The Morgan fingerprint density at radius 1 is 1.37 bits per heavy atom. The first-order valence-electron chi connectivity index (χ1n) is 7.62. The van der Waals surface area contributed by atoms with Gasteiger partial charge in [0.1, 0.15) is 0 Å². The fourth-order valence-corrected chi connectivity index (χ4v) is 4.24. The van der Waals surface area contributed by atoms with Gasteiger partial charge >= 0.3 is 0 Å². The summed E-state index contributed by atoms with van der Waals surface area (Å²) < 4.78 is 0. The molecule has 0 saturated carbocycles. The van der Waals surface area contributed by atoms with E-state index < -0.39 is 0 Å².